The Morgan fingerprint density at radius 3 is 2.48 bits per heavy atom. The fourth-order valence-electron chi connectivity index (χ4n) is 2.36. The lowest BCUT2D eigenvalue weighted by Gasteiger charge is -2.14. The molecule has 0 saturated carbocycles. The summed E-state index contributed by atoms with van der Waals surface area (Å²) < 4.78 is 31.8. The van der Waals surface area contributed by atoms with E-state index in [1.165, 1.54) is 16.5 Å². The van der Waals surface area contributed by atoms with Crippen LogP contribution in [0.4, 0.5) is 8.78 Å². The molecule has 8 heteroatoms. The van der Waals surface area contributed by atoms with Crippen LogP contribution in [0.5, 0.6) is 5.75 Å². The smallest absolute Gasteiger partial charge is 0.243 e. The molecule has 2 aromatic carbocycles. The summed E-state index contributed by atoms with van der Waals surface area (Å²) >= 11 is 0. The summed E-state index contributed by atoms with van der Waals surface area (Å²) in [6.07, 6.45) is 0.792. The number of ether oxygens (including phenoxy) is 1. The van der Waals surface area contributed by atoms with Gasteiger partial charge in [-0.2, -0.15) is 0 Å². The van der Waals surface area contributed by atoms with Crippen LogP contribution in [-0.4, -0.2) is 57.1 Å². The summed E-state index contributed by atoms with van der Waals surface area (Å²) in [5.74, 6) is -1.10. The Hall–Kier alpha value is -3.16. The first kappa shape index (κ1) is 22.1. The monoisotopic (exact) mass is 404 g/mol. The Morgan fingerprint density at radius 2 is 1.79 bits per heavy atom. The van der Waals surface area contributed by atoms with Crippen molar-refractivity contribution in [2.45, 2.75) is 6.42 Å². The molecule has 0 heterocycles. The van der Waals surface area contributed by atoms with Gasteiger partial charge < -0.3 is 20.3 Å². The molecule has 0 spiro atoms. The topological polar surface area (TPSA) is 66.0 Å². The van der Waals surface area contributed by atoms with Crippen LogP contribution in [0.3, 0.4) is 0 Å². The van der Waals surface area contributed by atoms with Crippen molar-refractivity contribution in [1.29, 1.82) is 0 Å². The number of rotatable bonds is 9. The molecule has 2 N–H and O–H groups in total. The number of aliphatic imine (C=N–C) groups is 1. The van der Waals surface area contributed by atoms with Crippen LogP contribution < -0.4 is 15.4 Å². The van der Waals surface area contributed by atoms with Crippen LogP contribution in [0.1, 0.15) is 5.56 Å². The van der Waals surface area contributed by atoms with E-state index in [0.29, 0.717) is 19.0 Å². The zero-order chi connectivity index (χ0) is 21.1. The summed E-state index contributed by atoms with van der Waals surface area (Å²) in [5, 5.41) is 6.22. The molecule has 2 rings (SSSR count). The van der Waals surface area contributed by atoms with Gasteiger partial charge in [0.25, 0.3) is 0 Å². The van der Waals surface area contributed by atoms with E-state index in [0.717, 1.165) is 18.6 Å². The Morgan fingerprint density at radius 1 is 1.07 bits per heavy atom. The van der Waals surface area contributed by atoms with Crippen molar-refractivity contribution >= 4 is 11.9 Å². The molecule has 1 amide bonds. The summed E-state index contributed by atoms with van der Waals surface area (Å²) in [4.78, 5) is 17.5. The van der Waals surface area contributed by atoms with E-state index in [9.17, 15) is 13.6 Å². The van der Waals surface area contributed by atoms with E-state index in [2.05, 4.69) is 15.6 Å². The maximum Gasteiger partial charge on any atom is 0.243 e. The Balaban J connectivity index is 1.84. The number of amides is 1. The maximum absolute atomic E-state index is 13.6. The van der Waals surface area contributed by atoms with E-state index in [-0.39, 0.29) is 24.8 Å². The molecule has 0 aliphatic heterocycles. The third-order valence-electron chi connectivity index (χ3n) is 3.97. The number of carbonyl (C=O) groups excluding carboxylic acids is 1. The van der Waals surface area contributed by atoms with Gasteiger partial charge in [0, 0.05) is 26.7 Å². The molecule has 29 heavy (non-hydrogen) atoms. The lowest BCUT2D eigenvalue weighted by Crippen LogP contribution is -2.41. The van der Waals surface area contributed by atoms with Gasteiger partial charge in [-0.1, -0.05) is 30.3 Å². The second kappa shape index (κ2) is 11.6. The molecule has 0 radical (unpaired) electrons. The molecule has 0 aliphatic carbocycles. The highest BCUT2D eigenvalue weighted by Crippen LogP contribution is 2.17. The summed E-state index contributed by atoms with van der Waals surface area (Å²) in [6.45, 7) is 1.09. The highest BCUT2D eigenvalue weighted by atomic mass is 19.1. The lowest BCUT2D eigenvalue weighted by molar-refractivity contribution is -0.127. The minimum Gasteiger partial charge on any atom is -0.489 e. The van der Waals surface area contributed by atoms with Gasteiger partial charge in [0.15, 0.2) is 17.5 Å². The zero-order valence-corrected chi connectivity index (χ0v) is 16.6. The van der Waals surface area contributed by atoms with Crippen molar-refractivity contribution in [2.24, 2.45) is 4.99 Å². The molecule has 0 bridgehead atoms. The normalized spacial score (nSPS) is 11.1. The second-order valence-electron chi connectivity index (χ2n) is 6.47. The third-order valence-corrected chi connectivity index (χ3v) is 3.97. The summed E-state index contributed by atoms with van der Waals surface area (Å²) in [7, 11) is 3.33. The van der Waals surface area contributed by atoms with Gasteiger partial charge in [-0.25, -0.2) is 13.8 Å². The SMILES string of the molecule is CN(C)C(=O)CN=C(NCCOc1ccc(F)cc1F)NCCc1ccccc1. The Kier molecular flexibility index (Phi) is 8.88. The number of benzene rings is 2. The molecule has 6 nitrogen and oxygen atoms in total. The molecule has 0 unspecified atom stereocenters. The zero-order valence-electron chi connectivity index (χ0n) is 16.6. The van der Waals surface area contributed by atoms with Crippen molar-refractivity contribution in [2.75, 3.05) is 40.3 Å². The average Bonchev–Trinajstić information content (AvgIpc) is 2.70. The third kappa shape index (κ3) is 8.16. The van der Waals surface area contributed by atoms with Gasteiger partial charge in [-0.05, 0) is 24.1 Å². The van der Waals surface area contributed by atoms with E-state index >= 15 is 0 Å². The lowest BCUT2D eigenvalue weighted by atomic mass is 10.1. The van der Waals surface area contributed by atoms with E-state index in [1.807, 2.05) is 30.3 Å². The second-order valence-corrected chi connectivity index (χ2v) is 6.47. The van der Waals surface area contributed by atoms with E-state index < -0.39 is 11.6 Å². The van der Waals surface area contributed by atoms with Crippen LogP contribution in [0.2, 0.25) is 0 Å². The first-order valence-electron chi connectivity index (χ1n) is 9.30. The number of halogens is 2. The molecular formula is C21H26F2N4O2. The van der Waals surface area contributed by atoms with Crippen LogP contribution in [0.25, 0.3) is 0 Å². The van der Waals surface area contributed by atoms with E-state index in [1.54, 1.807) is 14.1 Å². The molecule has 0 aromatic heterocycles. The van der Waals surface area contributed by atoms with Crippen LogP contribution >= 0.6 is 0 Å². The molecule has 0 atom stereocenters. The number of carbonyl (C=O) groups is 1. The van der Waals surface area contributed by atoms with Gasteiger partial charge in [-0.15, -0.1) is 0 Å². The minimum atomic E-state index is -0.753. The Bertz CT molecular complexity index is 814. The number of nitrogens with zero attached hydrogens (tertiary/aromatic N) is 2. The van der Waals surface area contributed by atoms with E-state index in [4.69, 9.17) is 4.74 Å². The highest BCUT2D eigenvalue weighted by molar-refractivity contribution is 5.84. The minimum absolute atomic E-state index is 0.00111. The van der Waals surface area contributed by atoms with Crippen LogP contribution in [-0.2, 0) is 11.2 Å². The number of likely N-dealkylation sites (N-methyl/N-ethyl adjacent to an activating group) is 1. The van der Waals surface area contributed by atoms with Crippen molar-refractivity contribution in [3.8, 4) is 5.75 Å². The van der Waals surface area contributed by atoms with Crippen molar-refractivity contribution in [3.63, 3.8) is 0 Å². The van der Waals surface area contributed by atoms with Gasteiger partial charge in [0.05, 0.1) is 6.54 Å². The van der Waals surface area contributed by atoms with Gasteiger partial charge in [0.1, 0.15) is 19.0 Å². The Labute approximate surface area is 169 Å². The molecule has 0 saturated heterocycles. The van der Waals surface area contributed by atoms with Gasteiger partial charge in [-0.3, -0.25) is 4.79 Å². The predicted molar refractivity (Wildman–Crippen MR) is 109 cm³/mol. The fraction of sp³-hybridized carbons (Fsp3) is 0.333. The molecule has 156 valence electrons. The van der Waals surface area contributed by atoms with Crippen molar-refractivity contribution in [3.05, 3.63) is 65.7 Å². The van der Waals surface area contributed by atoms with Crippen LogP contribution in [0.15, 0.2) is 53.5 Å². The average molecular weight is 404 g/mol. The van der Waals surface area contributed by atoms with Crippen molar-refractivity contribution < 1.29 is 18.3 Å². The quantitative estimate of drug-likeness (QED) is 0.382. The molecule has 0 fully saturated rings. The summed E-state index contributed by atoms with van der Waals surface area (Å²) in [6, 6.07) is 13.1. The molecule has 2 aromatic rings. The standard InChI is InChI=1S/C21H26F2N4O2/c1-27(2)20(28)15-26-21(24-11-10-16-6-4-3-5-7-16)25-12-13-29-19-9-8-17(22)14-18(19)23/h3-9,14H,10-13,15H2,1-2H3,(H2,24,25,26). The number of nitrogens with one attached hydrogen (secondary N) is 2. The number of hydrogen-bond donors (Lipinski definition) is 2. The number of guanidine groups is 1. The fourth-order valence-corrected chi connectivity index (χ4v) is 2.36. The maximum atomic E-state index is 13.6. The van der Waals surface area contributed by atoms with Crippen LogP contribution in [0, 0.1) is 11.6 Å². The summed E-state index contributed by atoms with van der Waals surface area (Å²) in [5.41, 5.74) is 1.18. The first-order chi connectivity index (χ1) is 14.0. The highest BCUT2D eigenvalue weighted by Gasteiger charge is 2.06. The van der Waals surface area contributed by atoms with Gasteiger partial charge in [0.2, 0.25) is 5.91 Å². The van der Waals surface area contributed by atoms with Crippen molar-refractivity contribution in [1.82, 2.24) is 15.5 Å². The number of hydrogen-bond acceptors (Lipinski definition) is 3. The predicted octanol–water partition coefficient (Wildman–Crippen LogP) is 2.21. The largest absolute Gasteiger partial charge is 0.489 e. The first-order valence-corrected chi connectivity index (χ1v) is 9.30. The molecule has 0 aliphatic rings. The molecular weight excluding hydrogens is 378 g/mol. The van der Waals surface area contributed by atoms with Gasteiger partial charge >= 0.3 is 0 Å².